The molecule has 3 rings (SSSR count). The SMILES string of the molecule is COc1cc(Br)ccc1C(=O)c1cc2cc(F)ccc2o1. The summed E-state index contributed by atoms with van der Waals surface area (Å²) in [7, 11) is 1.49. The van der Waals surface area contributed by atoms with Crippen LogP contribution >= 0.6 is 15.9 Å². The summed E-state index contributed by atoms with van der Waals surface area (Å²) in [5.41, 5.74) is 0.857. The minimum Gasteiger partial charge on any atom is -0.496 e. The number of hydrogen-bond acceptors (Lipinski definition) is 3. The van der Waals surface area contributed by atoms with Gasteiger partial charge in [0.1, 0.15) is 17.1 Å². The summed E-state index contributed by atoms with van der Waals surface area (Å²) in [4.78, 5) is 12.5. The van der Waals surface area contributed by atoms with Gasteiger partial charge in [0.25, 0.3) is 0 Å². The Balaban J connectivity index is 2.08. The quantitative estimate of drug-likeness (QED) is 0.650. The molecule has 0 unspecified atom stereocenters. The van der Waals surface area contributed by atoms with Crippen LogP contribution in [-0.4, -0.2) is 12.9 Å². The van der Waals surface area contributed by atoms with Crippen molar-refractivity contribution >= 4 is 32.7 Å². The Morgan fingerprint density at radius 3 is 2.76 bits per heavy atom. The molecule has 0 N–H and O–H groups in total. The monoisotopic (exact) mass is 348 g/mol. The van der Waals surface area contributed by atoms with E-state index in [1.54, 1.807) is 18.2 Å². The zero-order chi connectivity index (χ0) is 15.0. The molecule has 21 heavy (non-hydrogen) atoms. The molecule has 1 aromatic heterocycles. The summed E-state index contributed by atoms with van der Waals surface area (Å²) >= 11 is 3.32. The second-order valence-electron chi connectivity index (χ2n) is 4.47. The number of methoxy groups -OCH3 is 1. The van der Waals surface area contributed by atoms with E-state index < -0.39 is 0 Å². The highest BCUT2D eigenvalue weighted by atomic mass is 79.9. The van der Waals surface area contributed by atoms with Crippen LogP contribution in [0.4, 0.5) is 4.39 Å². The molecule has 106 valence electrons. The average molecular weight is 349 g/mol. The summed E-state index contributed by atoms with van der Waals surface area (Å²) in [5, 5.41) is 0.550. The third-order valence-electron chi connectivity index (χ3n) is 3.11. The number of rotatable bonds is 3. The van der Waals surface area contributed by atoms with E-state index in [-0.39, 0.29) is 17.4 Å². The normalized spacial score (nSPS) is 10.8. The predicted molar refractivity (Wildman–Crippen MR) is 80.3 cm³/mol. The fraction of sp³-hybridized carbons (Fsp3) is 0.0625. The summed E-state index contributed by atoms with van der Waals surface area (Å²) in [6.07, 6.45) is 0. The molecule has 5 heteroatoms. The van der Waals surface area contributed by atoms with Crippen molar-refractivity contribution in [1.29, 1.82) is 0 Å². The highest BCUT2D eigenvalue weighted by Crippen LogP contribution is 2.28. The van der Waals surface area contributed by atoms with E-state index in [2.05, 4.69) is 15.9 Å². The topological polar surface area (TPSA) is 39.4 Å². The maximum atomic E-state index is 13.2. The molecule has 0 atom stereocenters. The lowest BCUT2D eigenvalue weighted by atomic mass is 10.1. The third-order valence-corrected chi connectivity index (χ3v) is 3.60. The van der Waals surface area contributed by atoms with E-state index in [4.69, 9.17) is 9.15 Å². The van der Waals surface area contributed by atoms with Crippen molar-refractivity contribution in [1.82, 2.24) is 0 Å². The van der Waals surface area contributed by atoms with Crippen molar-refractivity contribution in [2.45, 2.75) is 0 Å². The summed E-state index contributed by atoms with van der Waals surface area (Å²) in [6.45, 7) is 0. The van der Waals surface area contributed by atoms with Crippen molar-refractivity contribution in [2.75, 3.05) is 7.11 Å². The van der Waals surface area contributed by atoms with Gasteiger partial charge in [0.15, 0.2) is 5.76 Å². The highest BCUT2D eigenvalue weighted by molar-refractivity contribution is 9.10. The highest BCUT2D eigenvalue weighted by Gasteiger charge is 2.19. The number of ether oxygens (including phenoxy) is 1. The molecular weight excluding hydrogens is 339 g/mol. The zero-order valence-corrected chi connectivity index (χ0v) is 12.6. The maximum Gasteiger partial charge on any atom is 0.231 e. The Kier molecular flexibility index (Phi) is 3.51. The van der Waals surface area contributed by atoms with Crippen LogP contribution in [0.15, 0.2) is 51.4 Å². The Hall–Kier alpha value is -2.14. The first kappa shape index (κ1) is 13.8. The van der Waals surface area contributed by atoms with Gasteiger partial charge in [0, 0.05) is 9.86 Å². The van der Waals surface area contributed by atoms with Crippen molar-refractivity contribution in [3.63, 3.8) is 0 Å². The van der Waals surface area contributed by atoms with Gasteiger partial charge < -0.3 is 9.15 Å². The lowest BCUT2D eigenvalue weighted by Gasteiger charge is -2.06. The second-order valence-corrected chi connectivity index (χ2v) is 5.38. The molecule has 1 heterocycles. The number of carbonyl (C=O) groups excluding carboxylic acids is 1. The predicted octanol–water partition coefficient (Wildman–Crippen LogP) is 4.57. The Morgan fingerprint density at radius 2 is 2.00 bits per heavy atom. The molecule has 2 aromatic carbocycles. The van der Waals surface area contributed by atoms with E-state index in [9.17, 15) is 9.18 Å². The molecule has 0 aliphatic heterocycles. The van der Waals surface area contributed by atoms with Crippen molar-refractivity contribution in [2.24, 2.45) is 0 Å². The molecule has 0 radical (unpaired) electrons. The molecule has 3 nitrogen and oxygen atoms in total. The van der Waals surface area contributed by atoms with Gasteiger partial charge in [-0.25, -0.2) is 4.39 Å². The van der Waals surface area contributed by atoms with Crippen LogP contribution in [0.25, 0.3) is 11.0 Å². The standard InChI is InChI=1S/C16H10BrFO3/c1-20-14-8-10(17)2-4-12(14)16(19)15-7-9-6-11(18)3-5-13(9)21-15/h2-8H,1H3. The van der Waals surface area contributed by atoms with Crippen molar-refractivity contribution < 1.29 is 18.3 Å². The molecule has 0 spiro atoms. The van der Waals surface area contributed by atoms with Gasteiger partial charge >= 0.3 is 0 Å². The van der Waals surface area contributed by atoms with Crippen LogP contribution in [0.1, 0.15) is 16.1 Å². The smallest absolute Gasteiger partial charge is 0.231 e. The van der Waals surface area contributed by atoms with Gasteiger partial charge in [-0.3, -0.25) is 4.79 Å². The van der Waals surface area contributed by atoms with Gasteiger partial charge in [0.2, 0.25) is 5.78 Å². The number of ketones is 1. The van der Waals surface area contributed by atoms with Gasteiger partial charge in [-0.15, -0.1) is 0 Å². The Morgan fingerprint density at radius 1 is 1.19 bits per heavy atom. The summed E-state index contributed by atoms with van der Waals surface area (Å²) < 4.78 is 24.7. The van der Waals surface area contributed by atoms with Gasteiger partial charge in [-0.1, -0.05) is 15.9 Å². The van der Waals surface area contributed by atoms with E-state index in [1.165, 1.54) is 31.4 Å². The molecule has 0 fully saturated rings. The number of furan rings is 1. The molecular formula is C16H10BrFO3. The molecule has 0 amide bonds. The maximum absolute atomic E-state index is 13.2. The largest absolute Gasteiger partial charge is 0.496 e. The molecule has 0 bridgehead atoms. The minimum absolute atomic E-state index is 0.149. The molecule has 0 saturated carbocycles. The number of carbonyl (C=O) groups is 1. The first-order chi connectivity index (χ1) is 10.1. The van der Waals surface area contributed by atoms with Gasteiger partial charge in [-0.2, -0.15) is 0 Å². The lowest BCUT2D eigenvalue weighted by Crippen LogP contribution is -2.02. The van der Waals surface area contributed by atoms with Crippen LogP contribution in [0.3, 0.4) is 0 Å². The lowest BCUT2D eigenvalue weighted by molar-refractivity contribution is 0.101. The second kappa shape index (κ2) is 5.33. The van der Waals surface area contributed by atoms with Gasteiger partial charge in [-0.05, 0) is 42.5 Å². The first-order valence-corrected chi connectivity index (χ1v) is 6.95. The van der Waals surface area contributed by atoms with Crippen LogP contribution in [-0.2, 0) is 0 Å². The minimum atomic E-state index is -0.372. The molecule has 0 aliphatic carbocycles. The average Bonchev–Trinajstić information content (AvgIpc) is 2.89. The van der Waals surface area contributed by atoms with Crippen LogP contribution in [0.2, 0.25) is 0 Å². The number of fused-ring (bicyclic) bond motifs is 1. The molecule has 0 aliphatic rings. The summed E-state index contributed by atoms with van der Waals surface area (Å²) in [5.74, 6) is -0.0864. The zero-order valence-electron chi connectivity index (χ0n) is 11.0. The molecule has 3 aromatic rings. The van der Waals surface area contributed by atoms with E-state index >= 15 is 0 Å². The fourth-order valence-electron chi connectivity index (χ4n) is 2.11. The van der Waals surface area contributed by atoms with Crippen LogP contribution in [0.5, 0.6) is 5.75 Å². The Labute approximate surface area is 128 Å². The van der Waals surface area contributed by atoms with Crippen LogP contribution < -0.4 is 4.74 Å². The third kappa shape index (κ3) is 2.56. The van der Waals surface area contributed by atoms with Crippen molar-refractivity contribution in [3.8, 4) is 5.75 Å². The molecule has 0 saturated heterocycles. The van der Waals surface area contributed by atoms with Gasteiger partial charge in [0.05, 0.1) is 12.7 Å². The number of hydrogen-bond donors (Lipinski definition) is 0. The fourth-order valence-corrected chi connectivity index (χ4v) is 2.45. The number of halogens is 2. The summed E-state index contributed by atoms with van der Waals surface area (Å²) in [6, 6.07) is 10.8. The van der Waals surface area contributed by atoms with E-state index in [1.807, 2.05) is 0 Å². The van der Waals surface area contributed by atoms with Crippen molar-refractivity contribution in [3.05, 3.63) is 64.1 Å². The van der Waals surface area contributed by atoms with E-state index in [0.717, 1.165) is 4.47 Å². The van der Waals surface area contributed by atoms with E-state index in [0.29, 0.717) is 22.3 Å². The first-order valence-electron chi connectivity index (χ1n) is 6.16. The Bertz CT molecular complexity index is 839. The van der Waals surface area contributed by atoms with Crippen LogP contribution in [0, 0.1) is 5.82 Å². The number of benzene rings is 2.